The monoisotopic (exact) mass is 326 g/mol. The Balaban J connectivity index is 1.81. The van der Waals surface area contributed by atoms with Crippen LogP contribution in [0.25, 0.3) is 0 Å². The number of nitrogens with one attached hydrogen (secondary N) is 1. The van der Waals surface area contributed by atoms with Gasteiger partial charge in [0, 0.05) is 17.6 Å². The second kappa shape index (κ2) is 6.42. The SMILES string of the molecule is O=C(NCCCn1cncn1)c1ccc(Br)cc1F. The first-order chi connectivity index (χ1) is 9.16. The number of benzene rings is 1. The molecule has 1 amide bonds. The molecule has 0 bridgehead atoms. The Morgan fingerprint density at radius 1 is 1.47 bits per heavy atom. The zero-order valence-corrected chi connectivity index (χ0v) is 11.6. The standard InChI is InChI=1S/C12H12BrFN4O/c13-9-2-3-10(11(14)6-9)12(19)16-4-1-5-18-8-15-7-17-18/h2-3,6-8H,1,4-5H2,(H,16,19). The predicted octanol–water partition coefficient (Wildman–Crippen LogP) is 2.00. The van der Waals surface area contributed by atoms with Gasteiger partial charge in [0.1, 0.15) is 18.5 Å². The van der Waals surface area contributed by atoms with Crippen LogP contribution < -0.4 is 5.32 Å². The highest BCUT2D eigenvalue weighted by atomic mass is 79.9. The molecule has 0 radical (unpaired) electrons. The van der Waals surface area contributed by atoms with Gasteiger partial charge in [0.15, 0.2) is 0 Å². The molecule has 0 aliphatic carbocycles. The maximum absolute atomic E-state index is 13.5. The van der Waals surface area contributed by atoms with Gasteiger partial charge < -0.3 is 5.32 Å². The van der Waals surface area contributed by atoms with E-state index in [-0.39, 0.29) is 5.56 Å². The van der Waals surface area contributed by atoms with Crippen LogP contribution in [0.3, 0.4) is 0 Å². The van der Waals surface area contributed by atoms with E-state index in [1.807, 2.05) is 0 Å². The van der Waals surface area contributed by atoms with Crippen molar-refractivity contribution in [3.05, 3.63) is 46.7 Å². The minimum atomic E-state index is -0.539. The molecule has 0 aliphatic rings. The molecule has 1 aromatic carbocycles. The number of aromatic nitrogens is 3. The Morgan fingerprint density at radius 3 is 3.00 bits per heavy atom. The molecule has 7 heteroatoms. The Labute approximate surface area is 118 Å². The summed E-state index contributed by atoms with van der Waals surface area (Å²) in [5, 5.41) is 6.61. The van der Waals surface area contributed by atoms with Gasteiger partial charge in [0.2, 0.25) is 0 Å². The molecule has 5 nitrogen and oxygen atoms in total. The van der Waals surface area contributed by atoms with Crippen molar-refractivity contribution >= 4 is 21.8 Å². The third kappa shape index (κ3) is 3.85. The van der Waals surface area contributed by atoms with Crippen LogP contribution in [-0.2, 0) is 6.54 Å². The Kier molecular flexibility index (Phi) is 4.62. The fourth-order valence-corrected chi connectivity index (χ4v) is 1.89. The van der Waals surface area contributed by atoms with E-state index in [0.29, 0.717) is 24.0 Å². The second-order valence-electron chi connectivity index (χ2n) is 3.89. The fraction of sp³-hybridized carbons (Fsp3) is 0.250. The average Bonchev–Trinajstić information content (AvgIpc) is 2.87. The average molecular weight is 327 g/mol. The van der Waals surface area contributed by atoms with E-state index in [9.17, 15) is 9.18 Å². The topological polar surface area (TPSA) is 59.8 Å². The summed E-state index contributed by atoms with van der Waals surface area (Å²) in [5.41, 5.74) is 0.0453. The number of aryl methyl sites for hydroxylation is 1. The van der Waals surface area contributed by atoms with Gasteiger partial charge in [0.25, 0.3) is 5.91 Å². The number of hydrogen-bond acceptors (Lipinski definition) is 3. The molecule has 1 aromatic heterocycles. The third-order valence-corrected chi connectivity index (χ3v) is 2.99. The second-order valence-corrected chi connectivity index (χ2v) is 4.81. The van der Waals surface area contributed by atoms with Crippen molar-refractivity contribution in [2.75, 3.05) is 6.54 Å². The molecule has 19 heavy (non-hydrogen) atoms. The summed E-state index contributed by atoms with van der Waals surface area (Å²) in [5.74, 6) is -0.952. The third-order valence-electron chi connectivity index (χ3n) is 2.49. The van der Waals surface area contributed by atoms with Crippen molar-refractivity contribution in [1.29, 1.82) is 0 Å². The van der Waals surface area contributed by atoms with Crippen molar-refractivity contribution in [2.24, 2.45) is 0 Å². The van der Waals surface area contributed by atoms with Crippen LogP contribution >= 0.6 is 15.9 Å². The normalized spacial score (nSPS) is 10.4. The lowest BCUT2D eigenvalue weighted by Gasteiger charge is -2.06. The molecule has 100 valence electrons. The summed E-state index contributed by atoms with van der Waals surface area (Å²) in [6.45, 7) is 1.11. The summed E-state index contributed by atoms with van der Waals surface area (Å²) in [7, 11) is 0. The molecule has 0 unspecified atom stereocenters. The maximum Gasteiger partial charge on any atom is 0.254 e. The van der Waals surface area contributed by atoms with E-state index < -0.39 is 11.7 Å². The molecule has 2 rings (SSSR count). The highest BCUT2D eigenvalue weighted by Crippen LogP contribution is 2.15. The first-order valence-electron chi connectivity index (χ1n) is 5.72. The lowest BCUT2D eigenvalue weighted by molar-refractivity contribution is 0.0948. The quantitative estimate of drug-likeness (QED) is 0.855. The number of carbonyl (C=O) groups excluding carboxylic acids is 1. The zero-order valence-electron chi connectivity index (χ0n) is 10.0. The number of rotatable bonds is 5. The molecule has 1 N–H and O–H groups in total. The molecule has 2 aromatic rings. The van der Waals surface area contributed by atoms with Crippen LogP contribution in [0.5, 0.6) is 0 Å². The molecular weight excluding hydrogens is 315 g/mol. The van der Waals surface area contributed by atoms with Crippen LogP contribution in [-0.4, -0.2) is 27.2 Å². The van der Waals surface area contributed by atoms with Crippen LogP contribution in [0.15, 0.2) is 35.3 Å². The summed E-state index contributed by atoms with van der Waals surface area (Å²) in [6, 6.07) is 4.35. The van der Waals surface area contributed by atoms with E-state index in [1.165, 1.54) is 18.5 Å². The molecular formula is C12H12BrFN4O. The number of carbonyl (C=O) groups is 1. The zero-order chi connectivity index (χ0) is 13.7. The van der Waals surface area contributed by atoms with Crippen LogP contribution in [0.2, 0.25) is 0 Å². The number of nitrogens with zero attached hydrogens (tertiary/aromatic N) is 3. The van der Waals surface area contributed by atoms with Crippen molar-refractivity contribution < 1.29 is 9.18 Å². The smallest absolute Gasteiger partial charge is 0.254 e. The number of halogens is 2. The molecule has 1 heterocycles. The first-order valence-corrected chi connectivity index (χ1v) is 6.52. The summed E-state index contributed by atoms with van der Waals surface area (Å²) < 4.78 is 15.8. The van der Waals surface area contributed by atoms with Crippen molar-refractivity contribution in [3.8, 4) is 0 Å². The molecule has 0 saturated carbocycles. The van der Waals surface area contributed by atoms with Crippen molar-refractivity contribution in [1.82, 2.24) is 20.1 Å². The molecule has 0 atom stereocenters. The highest BCUT2D eigenvalue weighted by Gasteiger charge is 2.10. The Bertz CT molecular complexity index is 559. The molecule has 0 fully saturated rings. The summed E-state index contributed by atoms with van der Waals surface area (Å²) in [4.78, 5) is 15.6. The molecule has 0 aliphatic heterocycles. The van der Waals surface area contributed by atoms with Crippen LogP contribution in [0.1, 0.15) is 16.8 Å². The van der Waals surface area contributed by atoms with Crippen molar-refractivity contribution in [2.45, 2.75) is 13.0 Å². The van der Waals surface area contributed by atoms with E-state index in [4.69, 9.17) is 0 Å². The minimum absolute atomic E-state index is 0.0453. The van der Waals surface area contributed by atoms with E-state index >= 15 is 0 Å². The van der Waals surface area contributed by atoms with Gasteiger partial charge in [-0.2, -0.15) is 5.10 Å². The van der Waals surface area contributed by atoms with Gasteiger partial charge in [-0.15, -0.1) is 0 Å². The van der Waals surface area contributed by atoms with Crippen LogP contribution in [0, 0.1) is 5.82 Å². The summed E-state index contributed by atoms with van der Waals surface area (Å²) >= 11 is 3.14. The van der Waals surface area contributed by atoms with Crippen molar-refractivity contribution in [3.63, 3.8) is 0 Å². The number of hydrogen-bond donors (Lipinski definition) is 1. The number of amides is 1. The molecule has 0 spiro atoms. The highest BCUT2D eigenvalue weighted by molar-refractivity contribution is 9.10. The Morgan fingerprint density at radius 2 is 2.32 bits per heavy atom. The van der Waals surface area contributed by atoms with Crippen LogP contribution in [0.4, 0.5) is 4.39 Å². The summed E-state index contributed by atoms with van der Waals surface area (Å²) in [6.07, 6.45) is 3.76. The van der Waals surface area contributed by atoms with Gasteiger partial charge in [-0.25, -0.2) is 9.37 Å². The lowest BCUT2D eigenvalue weighted by Crippen LogP contribution is -2.26. The maximum atomic E-state index is 13.5. The minimum Gasteiger partial charge on any atom is -0.352 e. The predicted molar refractivity (Wildman–Crippen MR) is 71.1 cm³/mol. The first kappa shape index (κ1) is 13.7. The molecule has 0 saturated heterocycles. The van der Waals surface area contributed by atoms with E-state index in [2.05, 4.69) is 31.3 Å². The van der Waals surface area contributed by atoms with Gasteiger partial charge in [0.05, 0.1) is 5.56 Å². The van der Waals surface area contributed by atoms with Gasteiger partial charge in [-0.05, 0) is 24.6 Å². The van der Waals surface area contributed by atoms with Gasteiger partial charge in [-0.1, -0.05) is 15.9 Å². The lowest BCUT2D eigenvalue weighted by atomic mass is 10.2. The van der Waals surface area contributed by atoms with Gasteiger partial charge in [-0.3, -0.25) is 9.48 Å². The Hall–Kier alpha value is -1.76. The van der Waals surface area contributed by atoms with E-state index in [1.54, 1.807) is 17.1 Å². The van der Waals surface area contributed by atoms with E-state index in [0.717, 1.165) is 0 Å². The largest absolute Gasteiger partial charge is 0.352 e. The van der Waals surface area contributed by atoms with Gasteiger partial charge >= 0.3 is 0 Å². The fourth-order valence-electron chi connectivity index (χ4n) is 1.56.